The number of carbonyl (C=O) groups is 2. The Balaban J connectivity index is 1.85. The summed E-state index contributed by atoms with van der Waals surface area (Å²) in [6.45, 7) is 4.25. The van der Waals surface area contributed by atoms with Crippen LogP contribution in [0.2, 0.25) is 5.02 Å². The van der Waals surface area contributed by atoms with Gasteiger partial charge in [-0.05, 0) is 40.8 Å². The summed E-state index contributed by atoms with van der Waals surface area (Å²) in [6.07, 6.45) is 0.375. The van der Waals surface area contributed by atoms with Gasteiger partial charge in [0.25, 0.3) is 5.91 Å². The standard InChI is InChI=1S/C28H31ClN2O3/c1-20(2)22-13-15-24(16-14-22)34-19-27(32)31(18-23-11-7-8-12-25(23)29)26(28(33)30-3)17-21-9-5-4-6-10-21/h4-16,20,26H,17-19H2,1-3H3,(H,30,33). The van der Waals surface area contributed by atoms with Crippen molar-refractivity contribution in [3.05, 3.63) is 101 Å². The van der Waals surface area contributed by atoms with Gasteiger partial charge >= 0.3 is 0 Å². The van der Waals surface area contributed by atoms with Crippen molar-refractivity contribution in [2.45, 2.75) is 38.8 Å². The molecule has 34 heavy (non-hydrogen) atoms. The molecule has 5 nitrogen and oxygen atoms in total. The van der Waals surface area contributed by atoms with Crippen LogP contribution in [-0.2, 0) is 22.6 Å². The van der Waals surface area contributed by atoms with Crippen molar-refractivity contribution in [2.75, 3.05) is 13.7 Å². The Morgan fingerprint density at radius 1 is 0.941 bits per heavy atom. The van der Waals surface area contributed by atoms with E-state index in [1.54, 1.807) is 18.0 Å². The molecule has 1 N–H and O–H groups in total. The molecule has 0 aliphatic rings. The zero-order valence-corrected chi connectivity index (χ0v) is 20.6. The molecule has 0 radical (unpaired) electrons. The SMILES string of the molecule is CNC(=O)C(Cc1ccccc1)N(Cc1ccccc1Cl)C(=O)COc1ccc(C(C)C)cc1. The van der Waals surface area contributed by atoms with E-state index in [9.17, 15) is 9.59 Å². The summed E-state index contributed by atoms with van der Waals surface area (Å²) in [7, 11) is 1.57. The molecule has 3 rings (SSSR count). The van der Waals surface area contributed by atoms with Crippen LogP contribution < -0.4 is 10.1 Å². The molecule has 0 fully saturated rings. The Morgan fingerprint density at radius 2 is 1.59 bits per heavy atom. The van der Waals surface area contributed by atoms with Crippen LogP contribution in [0.5, 0.6) is 5.75 Å². The molecule has 0 aliphatic heterocycles. The fourth-order valence-corrected chi connectivity index (χ4v) is 3.90. The Kier molecular flexibility index (Phi) is 9.11. The monoisotopic (exact) mass is 478 g/mol. The van der Waals surface area contributed by atoms with Crippen LogP contribution in [0.25, 0.3) is 0 Å². The van der Waals surface area contributed by atoms with Crippen molar-refractivity contribution in [1.82, 2.24) is 10.2 Å². The lowest BCUT2D eigenvalue weighted by atomic mass is 10.0. The van der Waals surface area contributed by atoms with E-state index < -0.39 is 6.04 Å². The Hall–Kier alpha value is -3.31. The first-order chi connectivity index (χ1) is 16.4. The molecule has 1 atom stereocenters. The van der Waals surface area contributed by atoms with Gasteiger partial charge in [-0.15, -0.1) is 0 Å². The molecular formula is C28H31ClN2O3. The first kappa shape index (κ1) is 25.3. The van der Waals surface area contributed by atoms with Crippen molar-refractivity contribution >= 4 is 23.4 Å². The van der Waals surface area contributed by atoms with Gasteiger partial charge in [0.2, 0.25) is 5.91 Å². The molecule has 0 saturated carbocycles. The molecule has 0 saturated heterocycles. The second-order valence-corrected chi connectivity index (χ2v) is 8.85. The van der Waals surface area contributed by atoms with E-state index in [-0.39, 0.29) is 25.0 Å². The zero-order chi connectivity index (χ0) is 24.5. The van der Waals surface area contributed by atoms with Gasteiger partial charge in [-0.25, -0.2) is 0 Å². The summed E-state index contributed by atoms with van der Waals surface area (Å²) in [5, 5.41) is 3.25. The van der Waals surface area contributed by atoms with Crippen molar-refractivity contribution in [3.8, 4) is 5.75 Å². The lowest BCUT2D eigenvalue weighted by Crippen LogP contribution is -2.51. The van der Waals surface area contributed by atoms with Crippen LogP contribution in [-0.4, -0.2) is 36.4 Å². The van der Waals surface area contributed by atoms with Crippen LogP contribution in [0.15, 0.2) is 78.9 Å². The molecule has 0 heterocycles. The highest BCUT2D eigenvalue weighted by atomic mass is 35.5. The van der Waals surface area contributed by atoms with E-state index in [1.165, 1.54) is 5.56 Å². The Bertz CT molecular complexity index is 1080. The summed E-state index contributed by atoms with van der Waals surface area (Å²) < 4.78 is 5.81. The predicted molar refractivity (Wildman–Crippen MR) is 136 cm³/mol. The minimum Gasteiger partial charge on any atom is -0.484 e. The maximum atomic E-state index is 13.4. The van der Waals surface area contributed by atoms with Gasteiger partial charge in [0.15, 0.2) is 6.61 Å². The van der Waals surface area contributed by atoms with Crippen molar-refractivity contribution in [3.63, 3.8) is 0 Å². The van der Waals surface area contributed by atoms with E-state index in [2.05, 4.69) is 19.2 Å². The first-order valence-corrected chi connectivity index (χ1v) is 11.8. The normalized spacial score (nSPS) is 11.7. The molecule has 178 valence electrons. The van der Waals surface area contributed by atoms with E-state index in [0.717, 1.165) is 11.1 Å². The minimum absolute atomic E-state index is 0.187. The molecule has 1 unspecified atom stereocenters. The van der Waals surface area contributed by atoms with E-state index >= 15 is 0 Å². The third-order valence-electron chi connectivity index (χ3n) is 5.73. The van der Waals surface area contributed by atoms with Gasteiger partial charge in [-0.3, -0.25) is 9.59 Å². The fraction of sp³-hybridized carbons (Fsp3) is 0.286. The third-order valence-corrected chi connectivity index (χ3v) is 6.09. The first-order valence-electron chi connectivity index (χ1n) is 11.4. The molecule has 2 amide bonds. The number of carbonyl (C=O) groups excluding carboxylic acids is 2. The fourth-order valence-electron chi connectivity index (χ4n) is 3.71. The van der Waals surface area contributed by atoms with Crippen molar-refractivity contribution in [1.29, 1.82) is 0 Å². The molecule has 0 bridgehead atoms. The summed E-state index contributed by atoms with van der Waals surface area (Å²) in [5.74, 6) is 0.478. The van der Waals surface area contributed by atoms with Crippen LogP contribution in [0.3, 0.4) is 0 Å². The molecule has 6 heteroatoms. The molecule has 3 aromatic rings. The second-order valence-electron chi connectivity index (χ2n) is 8.45. The summed E-state index contributed by atoms with van der Waals surface area (Å²) >= 11 is 6.39. The zero-order valence-electron chi connectivity index (χ0n) is 19.8. The number of halogens is 1. The number of hydrogen-bond donors (Lipinski definition) is 1. The molecule has 0 aromatic heterocycles. The van der Waals surface area contributed by atoms with Crippen LogP contribution in [0, 0.1) is 0 Å². The Labute approximate surface area is 206 Å². The van der Waals surface area contributed by atoms with Gasteiger partial charge in [-0.1, -0.05) is 86.1 Å². The van der Waals surface area contributed by atoms with Gasteiger partial charge in [-0.2, -0.15) is 0 Å². The van der Waals surface area contributed by atoms with Crippen LogP contribution in [0.1, 0.15) is 36.5 Å². The second kappa shape index (κ2) is 12.2. The summed E-state index contributed by atoms with van der Waals surface area (Å²) in [4.78, 5) is 27.9. The van der Waals surface area contributed by atoms with Crippen molar-refractivity contribution in [2.24, 2.45) is 0 Å². The average molecular weight is 479 g/mol. The van der Waals surface area contributed by atoms with Crippen molar-refractivity contribution < 1.29 is 14.3 Å². The number of rotatable bonds is 10. The van der Waals surface area contributed by atoms with Gasteiger partial charge in [0, 0.05) is 25.0 Å². The number of benzene rings is 3. The van der Waals surface area contributed by atoms with E-state index in [1.807, 2.05) is 72.8 Å². The topological polar surface area (TPSA) is 58.6 Å². The maximum Gasteiger partial charge on any atom is 0.261 e. The maximum absolute atomic E-state index is 13.4. The number of hydrogen-bond acceptors (Lipinski definition) is 3. The number of nitrogens with one attached hydrogen (secondary N) is 1. The van der Waals surface area contributed by atoms with Gasteiger partial charge in [0.1, 0.15) is 11.8 Å². The molecule has 0 spiro atoms. The highest BCUT2D eigenvalue weighted by Crippen LogP contribution is 2.22. The van der Waals surface area contributed by atoms with Crippen LogP contribution >= 0.6 is 11.6 Å². The predicted octanol–water partition coefficient (Wildman–Crippen LogP) is 5.23. The number of ether oxygens (including phenoxy) is 1. The lowest BCUT2D eigenvalue weighted by Gasteiger charge is -2.31. The lowest BCUT2D eigenvalue weighted by molar-refractivity contribution is -0.142. The molecule has 0 aliphatic carbocycles. The van der Waals surface area contributed by atoms with E-state index in [0.29, 0.717) is 23.1 Å². The quantitative estimate of drug-likeness (QED) is 0.434. The number of amides is 2. The van der Waals surface area contributed by atoms with Gasteiger partial charge in [0.05, 0.1) is 0 Å². The van der Waals surface area contributed by atoms with Gasteiger partial charge < -0.3 is 15.0 Å². The minimum atomic E-state index is -0.719. The van der Waals surface area contributed by atoms with E-state index in [4.69, 9.17) is 16.3 Å². The summed E-state index contributed by atoms with van der Waals surface area (Å²) in [5.41, 5.74) is 2.92. The Morgan fingerprint density at radius 3 is 2.21 bits per heavy atom. The van der Waals surface area contributed by atoms with Crippen LogP contribution in [0.4, 0.5) is 0 Å². The largest absolute Gasteiger partial charge is 0.484 e. The average Bonchev–Trinajstić information content (AvgIpc) is 2.86. The highest BCUT2D eigenvalue weighted by Gasteiger charge is 2.30. The molecule has 3 aromatic carbocycles. The molecular weight excluding hydrogens is 448 g/mol. The smallest absolute Gasteiger partial charge is 0.261 e. The highest BCUT2D eigenvalue weighted by molar-refractivity contribution is 6.31. The number of likely N-dealkylation sites (N-methyl/N-ethyl adjacent to an activating group) is 1. The number of nitrogens with zero attached hydrogens (tertiary/aromatic N) is 1. The third kappa shape index (κ3) is 6.84. The summed E-state index contributed by atoms with van der Waals surface area (Å²) in [6, 6.07) is 24.0.